The van der Waals surface area contributed by atoms with Crippen molar-refractivity contribution < 1.29 is 9.50 Å². The lowest BCUT2D eigenvalue weighted by Gasteiger charge is -1.96. The molecule has 0 saturated heterocycles. The summed E-state index contributed by atoms with van der Waals surface area (Å²) in [5.41, 5.74) is 0.952. The van der Waals surface area contributed by atoms with Gasteiger partial charge in [-0.05, 0) is 24.3 Å². The van der Waals surface area contributed by atoms with Gasteiger partial charge in [-0.15, -0.1) is 0 Å². The molecule has 2 aromatic rings. The van der Waals surface area contributed by atoms with Crippen molar-refractivity contribution in [3.05, 3.63) is 36.3 Å². The van der Waals surface area contributed by atoms with E-state index in [0.717, 1.165) is 0 Å². The molecule has 2 rings (SSSR count). The number of nitrogens with zero attached hydrogens (tertiary/aromatic N) is 2. The molecule has 0 fully saturated rings. The van der Waals surface area contributed by atoms with E-state index >= 15 is 0 Å². The molecule has 0 saturated carbocycles. The van der Waals surface area contributed by atoms with Crippen molar-refractivity contribution in [1.82, 2.24) is 9.78 Å². The Balaban J connectivity index is 2.49. The van der Waals surface area contributed by atoms with Gasteiger partial charge in [0, 0.05) is 12.6 Å². The molecular formula is C10H9FN2O. The van der Waals surface area contributed by atoms with E-state index in [9.17, 15) is 4.39 Å². The van der Waals surface area contributed by atoms with Crippen molar-refractivity contribution in [1.29, 1.82) is 0 Å². The third-order valence-corrected chi connectivity index (χ3v) is 1.92. The third-order valence-electron chi connectivity index (χ3n) is 1.92. The standard InChI is InChI=1S/C10H9FN2O/c1-13-6-9(11)10(12-13)7-2-4-8(14)5-3-7/h2-6,14H,1H3. The van der Waals surface area contributed by atoms with Crippen LogP contribution >= 0.6 is 0 Å². The predicted molar refractivity (Wildman–Crippen MR) is 50.3 cm³/mol. The summed E-state index contributed by atoms with van der Waals surface area (Å²) in [5.74, 6) is -0.205. The summed E-state index contributed by atoms with van der Waals surface area (Å²) in [5, 5.41) is 13.0. The molecule has 0 aliphatic carbocycles. The van der Waals surface area contributed by atoms with Gasteiger partial charge in [0.05, 0.1) is 6.20 Å². The zero-order valence-electron chi connectivity index (χ0n) is 7.61. The van der Waals surface area contributed by atoms with Crippen molar-refractivity contribution >= 4 is 0 Å². The quantitative estimate of drug-likeness (QED) is 0.749. The second kappa shape index (κ2) is 3.14. The topological polar surface area (TPSA) is 38.0 Å². The van der Waals surface area contributed by atoms with Crippen LogP contribution < -0.4 is 0 Å². The van der Waals surface area contributed by atoms with E-state index in [2.05, 4.69) is 5.10 Å². The highest BCUT2D eigenvalue weighted by molar-refractivity contribution is 5.60. The van der Waals surface area contributed by atoms with Crippen molar-refractivity contribution in [3.63, 3.8) is 0 Å². The fourth-order valence-electron chi connectivity index (χ4n) is 1.27. The van der Waals surface area contributed by atoms with E-state index in [1.54, 1.807) is 19.2 Å². The second-order valence-corrected chi connectivity index (χ2v) is 3.05. The highest BCUT2D eigenvalue weighted by atomic mass is 19.1. The van der Waals surface area contributed by atoms with Gasteiger partial charge >= 0.3 is 0 Å². The van der Waals surface area contributed by atoms with E-state index in [1.165, 1.54) is 23.0 Å². The lowest BCUT2D eigenvalue weighted by molar-refractivity contribution is 0.475. The molecule has 4 heteroatoms. The molecule has 14 heavy (non-hydrogen) atoms. The molecule has 72 valence electrons. The van der Waals surface area contributed by atoms with Crippen LogP contribution in [0.25, 0.3) is 11.3 Å². The van der Waals surface area contributed by atoms with E-state index in [1.807, 2.05) is 0 Å². The Hall–Kier alpha value is -1.84. The molecule has 3 nitrogen and oxygen atoms in total. The zero-order chi connectivity index (χ0) is 10.1. The lowest BCUT2D eigenvalue weighted by Crippen LogP contribution is -1.87. The van der Waals surface area contributed by atoms with Gasteiger partial charge in [-0.3, -0.25) is 4.68 Å². The van der Waals surface area contributed by atoms with Gasteiger partial charge in [-0.2, -0.15) is 5.10 Å². The Morgan fingerprint density at radius 3 is 2.43 bits per heavy atom. The van der Waals surface area contributed by atoms with Gasteiger partial charge in [0.15, 0.2) is 5.82 Å². The number of halogens is 1. The van der Waals surface area contributed by atoms with Gasteiger partial charge in [-0.25, -0.2) is 4.39 Å². The van der Waals surface area contributed by atoms with E-state index < -0.39 is 0 Å². The van der Waals surface area contributed by atoms with E-state index in [-0.39, 0.29) is 11.6 Å². The maximum Gasteiger partial charge on any atom is 0.169 e. The summed E-state index contributed by atoms with van der Waals surface area (Å²) >= 11 is 0. The van der Waals surface area contributed by atoms with Crippen LogP contribution in [0.4, 0.5) is 4.39 Å². The summed E-state index contributed by atoms with van der Waals surface area (Å²) in [6, 6.07) is 6.26. The highest BCUT2D eigenvalue weighted by Crippen LogP contribution is 2.22. The number of rotatable bonds is 1. The molecule has 1 N–H and O–H groups in total. The van der Waals surface area contributed by atoms with Crippen LogP contribution in [-0.4, -0.2) is 14.9 Å². The van der Waals surface area contributed by atoms with Crippen LogP contribution in [0.5, 0.6) is 5.75 Å². The van der Waals surface area contributed by atoms with Crippen LogP contribution in [0, 0.1) is 5.82 Å². The van der Waals surface area contributed by atoms with Crippen LogP contribution in [0.3, 0.4) is 0 Å². The number of benzene rings is 1. The monoisotopic (exact) mass is 192 g/mol. The van der Waals surface area contributed by atoms with Crippen molar-refractivity contribution in [2.75, 3.05) is 0 Å². The largest absolute Gasteiger partial charge is 0.508 e. The molecule has 0 amide bonds. The lowest BCUT2D eigenvalue weighted by atomic mass is 10.1. The van der Waals surface area contributed by atoms with E-state index in [0.29, 0.717) is 11.3 Å². The number of aryl methyl sites for hydroxylation is 1. The number of hydrogen-bond acceptors (Lipinski definition) is 2. The van der Waals surface area contributed by atoms with Gasteiger partial charge in [0.1, 0.15) is 11.4 Å². The fourth-order valence-corrected chi connectivity index (χ4v) is 1.27. The van der Waals surface area contributed by atoms with Crippen LogP contribution in [0.2, 0.25) is 0 Å². The molecule has 0 atom stereocenters. The maximum atomic E-state index is 13.3. The number of aromatic nitrogens is 2. The normalized spacial score (nSPS) is 10.4. The van der Waals surface area contributed by atoms with Gasteiger partial charge in [0.25, 0.3) is 0 Å². The number of phenolic OH excluding ortho intramolecular Hbond substituents is 1. The summed E-state index contributed by atoms with van der Waals surface area (Å²) < 4.78 is 14.7. The van der Waals surface area contributed by atoms with Gasteiger partial charge in [-0.1, -0.05) is 0 Å². The SMILES string of the molecule is Cn1cc(F)c(-c2ccc(O)cc2)n1. The molecule has 0 bridgehead atoms. The average Bonchev–Trinajstić information content (AvgIpc) is 2.47. The minimum atomic E-state index is -0.363. The Bertz CT molecular complexity index is 448. The van der Waals surface area contributed by atoms with Crippen molar-refractivity contribution in [2.45, 2.75) is 0 Å². The summed E-state index contributed by atoms with van der Waals surface area (Å²) in [7, 11) is 1.66. The number of aromatic hydroxyl groups is 1. The maximum absolute atomic E-state index is 13.3. The fraction of sp³-hybridized carbons (Fsp3) is 0.100. The zero-order valence-corrected chi connectivity index (χ0v) is 7.61. The molecule has 0 radical (unpaired) electrons. The first-order valence-electron chi connectivity index (χ1n) is 4.15. The minimum absolute atomic E-state index is 0.157. The highest BCUT2D eigenvalue weighted by Gasteiger charge is 2.08. The van der Waals surface area contributed by atoms with Gasteiger partial charge < -0.3 is 5.11 Å². The molecule has 1 aromatic heterocycles. The van der Waals surface area contributed by atoms with Crippen LogP contribution in [-0.2, 0) is 7.05 Å². The third kappa shape index (κ3) is 1.46. The summed E-state index contributed by atoms with van der Waals surface area (Å²) in [6.07, 6.45) is 1.31. The Morgan fingerprint density at radius 1 is 1.29 bits per heavy atom. The van der Waals surface area contributed by atoms with Crippen molar-refractivity contribution in [3.8, 4) is 17.0 Å². The summed E-state index contributed by atoms with van der Waals surface area (Å²) in [6.45, 7) is 0. The molecule has 0 unspecified atom stereocenters. The molecule has 0 aliphatic heterocycles. The average molecular weight is 192 g/mol. The Morgan fingerprint density at radius 2 is 1.93 bits per heavy atom. The van der Waals surface area contributed by atoms with Gasteiger partial charge in [0.2, 0.25) is 0 Å². The summed E-state index contributed by atoms with van der Waals surface area (Å²) in [4.78, 5) is 0. The van der Waals surface area contributed by atoms with Crippen LogP contribution in [0.15, 0.2) is 30.5 Å². The Labute approximate surface area is 80.4 Å². The molecular weight excluding hydrogens is 183 g/mol. The first-order chi connectivity index (χ1) is 6.66. The molecule has 0 spiro atoms. The number of hydrogen-bond donors (Lipinski definition) is 1. The second-order valence-electron chi connectivity index (χ2n) is 3.05. The molecule has 1 heterocycles. The predicted octanol–water partition coefficient (Wildman–Crippen LogP) is 1.93. The first-order valence-corrected chi connectivity index (χ1v) is 4.15. The minimum Gasteiger partial charge on any atom is -0.508 e. The molecule has 1 aromatic carbocycles. The van der Waals surface area contributed by atoms with Crippen LogP contribution in [0.1, 0.15) is 0 Å². The van der Waals surface area contributed by atoms with E-state index in [4.69, 9.17) is 5.11 Å². The molecule has 0 aliphatic rings. The smallest absolute Gasteiger partial charge is 0.169 e. The Kier molecular flexibility index (Phi) is 1.96. The van der Waals surface area contributed by atoms with Crippen molar-refractivity contribution in [2.24, 2.45) is 7.05 Å². The first kappa shape index (κ1) is 8.74. The number of phenols is 1.